The van der Waals surface area contributed by atoms with Gasteiger partial charge in [0.25, 0.3) is 5.69 Å². The zero-order valence-electron chi connectivity index (χ0n) is 19.1. The first kappa shape index (κ1) is 24.6. The first-order valence-corrected chi connectivity index (χ1v) is 10.9. The maximum atomic E-state index is 13.1. The normalized spacial score (nSPS) is 15.5. The predicted molar refractivity (Wildman–Crippen MR) is 116 cm³/mol. The van der Waals surface area contributed by atoms with Crippen LogP contribution in [0.5, 0.6) is 0 Å². The number of amides is 1. The van der Waals surface area contributed by atoms with E-state index in [0.717, 1.165) is 25.7 Å². The monoisotopic (exact) mass is 434 g/mol. The van der Waals surface area contributed by atoms with Gasteiger partial charge >= 0.3 is 12.1 Å². The van der Waals surface area contributed by atoms with Crippen molar-refractivity contribution < 1.29 is 24.0 Å². The van der Waals surface area contributed by atoms with Gasteiger partial charge in [0.15, 0.2) is 0 Å². The van der Waals surface area contributed by atoms with Gasteiger partial charge in [0.2, 0.25) is 0 Å². The van der Waals surface area contributed by atoms with Crippen molar-refractivity contribution in [3.63, 3.8) is 0 Å². The van der Waals surface area contributed by atoms with Crippen LogP contribution < -0.4 is 0 Å². The van der Waals surface area contributed by atoms with Crippen molar-refractivity contribution in [3.05, 3.63) is 39.9 Å². The van der Waals surface area contributed by atoms with Crippen molar-refractivity contribution in [2.45, 2.75) is 91.0 Å². The molecule has 8 heteroatoms. The number of nitro benzene ring substituents is 1. The van der Waals surface area contributed by atoms with Crippen LogP contribution >= 0.6 is 0 Å². The number of nitrogens with zero attached hydrogens (tertiary/aromatic N) is 2. The Bertz CT molecular complexity index is 763. The fourth-order valence-electron chi connectivity index (χ4n) is 3.59. The maximum absolute atomic E-state index is 13.1. The molecule has 1 amide bonds. The third-order valence-electron chi connectivity index (χ3n) is 5.06. The molecule has 0 spiro atoms. The smallest absolute Gasteiger partial charge is 0.411 e. The molecule has 1 aliphatic rings. The lowest BCUT2D eigenvalue weighted by molar-refractivity contribution is -0.384. The highest BCUT2D eigenvalue weighted by atomic mass is 16.6. The zero-order chi connectivity index (χ0) is 23.2. The van der Waals surface area contributed by atoms with E-state index < -0.39 is 28.6 Å². The SMILES string of the molecule is CC(C)CC(C(=O)OC1CCCC1)N(Cc1ccc([N+](=O)[O-])cc1)C(=O)OC(C)(C)C. The third kappa shape index (κ3) is 7.84. The van der Waals surface area contributed by atoms with Gasteiger partial charge in [-0.15, -0.1) is 0 Å². The van der Waals surface area contributed by atoms with E-state index in [0.29, 0.717) is 12.0 Å². The molecular formula is C23H34N2O6. The van der Waals surface area contributed by atoms with E-state index in [1.54, 1.807) is 32.9 Å². The fourth-order valence-corrected chi connectivity index (χ4v) is 3.59. The molecule has 0 heterocycles. The second kappa shape index (κ2) is 10.6. The Kier molecular flexibility index (Phi) is 8.42. The molecule has 1 aromatic carbocycles. The Labute approximate surface area is 184 Å². The molecule has 0 N–H and O–H groups in total. The summed E-state index contributed by atoms with van der Waals surface area (Å²) in [5.41, 5.74) is -0.103. The van der Waals surface area contributed by atoms with Gasteiger partial charge in [0, 0.05) is 18.7 Å². The molecule has 31 heavy (non-hydrogen) atoms. The van der Waals surface area contributed by atoms with E-state index >= 15 is 0 Å². The van der Waals surface area contributed by atoms with E-state index in [4.69, 9.17) is 9.47 Å². The summed E-state index contributed by atoms with van der Waals surface area (Å²) in [7, 11) is 0. The Morgan fingerprint density at radius 2 is 1.74 bits per heavy atom. The average Bonchev–Trinajstić information content (AvgIpc) is 3.16. The molecule has 0 bridgehead atoms. The number of esters is 1. The molecule has 172 valence electrons. The number of carbonyl (C=O) groups excluding carboxylic acids is 2. The number of nitro groups is 1. The van der Waals surface area contributed by atoms with Gasteiger partial charge in [-0.05, 0) is 64.4 Å². The summed E-state index contributed by atoms with van der Waals surface area (Å²) in [6, 6.07) is 5.15. The van der Waals surface area contributed by atoms with Crippen molar-refractivity contribution >= 4 is 17.7 Å². The predicted octanol–water partition coefficient (Wildman–Crippen LogP) is 5.23. The molecular weight excluding hydrogens is 400 g/mol. The molecule has 8 nitrogen and oxygen atoms in total. The van der Waals surface area contributed by atoms with Crippen LogP contribution in [0.1, 0.15) is 72.3 Å². The lowest BCUT2D eigenvalue weighted by Gasteiger charge is -2.33. The first-order valence-electron chi connectivity index (χ1n) is 10.9. The zero-order valence-corrected chi connectivity index (χ0v) is 19.1. The van der Waals surface area contributed by atoms with Gasteiger partial charge in [-0.1, -0.05) is 26.0 Å². The van der Waals surface area contributed by atoms with Crippen LogP contribution in [-0.4, -0.2) is 39.6 Å². The lowest BCUT2D eigenvalue weighted by Crippen LogP contribution is -2.48. The highest BCUT2D eigenvalue weighted by Gasteiger charge is 2.36. The van der Waals surface area contributed by atoms with Gasteiger partial charge in [-0.25, -0.2) is 9.59 Å². The number of carbonyl (C=O) groups is 2. The van der Waals surface area contributed by atoms with Crippen molar-refractivity contribution in [3.8, 4) is 0 Å². The molecule has 1 aromatic rings. The minimum absolute atomic E-state index is 0.0352. The van der Waals surface area contributed by atoms with E-state index in [9.17, 15) is 19.7 Å². The fraction of sp³-hybridized carbons (Fsp3) is 0.652. The summed E-state index contributed by atoms with van der Waals surface area (Å²) < 4.78 is 11.3. The molecule has 0 aromatic heterocycles. The van der Waals surface area contributed by atoms with Crippen LogP contribution in [0.4, 0.5) is 10.5 Å². The second-order valence-corrected chi connectivity index (χ2v) is 9.52. The summed E-state index contributed by atoms with van der Waals surface area (Å²) >= 11 is 0. The van der Waals surface area contributed by atoms with Crippen molar-refractivity contribution in [2.75, 3.05) is 0 Å². The van der Waals surface area contributed by atoms with Crippen LogP contribution in [0, 0.1) is 16.0 Å². The van der Waals surface area contributed by atoms with Crippen molar-refractivity contribution in [2.24, 2.45) is 5.92 Å². The molecule has 1 atom stereocenters. The molecule has 0 saturated heterocycles. The standard InChI is InChI=1S/C23H34N2O6/c1-16(2)14-20(21(26)30-19-8-6-7-9-19)24(22(27)31-23(3,4)5)15-17-10-12-18(13-11-17)25(28)29/h10-13,16,19-20H,6-9,14-15H2,1-5H3. The Morgan fingerprint density at radius 3 is 2.23 bits per heavy atom. The number of ether oxygens (including phenoxy) is 2. The molecule has 1 fully saturated rings. The molecule has 1 unspecified atom stereocenters. The van der Waals surface area contributed by atoms with Crippen molar-refractivity contribution in [1.82, 2.24) is 4.90 Å². The van der Waals surface area contributed by atoms with Gasteiger partial charge in [-0.2, -0.15) is 0 Å². The van der Waals surface area contributed by atoms with Crippen LogP contribution in [0.15, 0.2) is 24.3 Å². The Balaban J connectivity index is 2.31. The number of rotatable bonds is 8. The summed E-state index contributed by atoms with van der Waals surface area (Å²) in [6.45, 7) is 9.35. The summed E-state index contributed by atoms with van der Waals surface area (Å²) in [6.07, 6.45) is 3.46. The van der Waals surface area contributed by atoms with E-state index in [1.807, 2.05) is 13.8 Å². The maximum Gasteiger partial charge on any atom is 0.411 e. The number of benzene rings is 1. The lowest BCUT2D eigenvalue weighted by atomic mass is 10.0. The summed E-state index contributed by atoms with van der Waals surface area (Å²) in [5, 5.41) is 10.9. The van der Waals surface area contributed by atoms with Crippen LogP contribution in [0.2, 0.25) is 0 Å². The summed E-state index contributed by atoms with van der Waals surface area (Å²) in [5.74, 6) is -0.281. The minimum Gasteiger partial charge on any atom is -0.461 e. The van der Waals surface area contributed by atoms with Gasteiger partial charge in [-0.3, -0.25) is 15.0 Å². The second-order valence-electron chi connectivity index (χ2n) is 9.52. The minimum atomic E-state index is -0.800. The van der Waals surface area contributed by atoms with E-state index in [1.165, 1.54) is 17.0 Å². The van der Waals surface area contributed by atoms with Gasteiger partial charge in [0.05, 0.1) is 4.92 Å². The molecule has 1 aliphatic carbocycles. The highest BCUT2D eigenvalue weighted by molar-refractivity contribution is 5.81. The quantitative estimate of drug-likeness (QED) is 0.315. The molecule has 0 radical (unpaired) electrons. The molecule has 2 rings (SSSR count). The topological polar surface area (TPSA) is 99.0 Å². The highest BCUT2D eigenvalue weighted by Crippen LogP contribution is 2.25. The first-order chi connectivity index (χ1) is 14.5. The van der Waals surface area contributed by atoms with Crippen molar-refractivity contribution in [1.29, 1.82) is 0 Å². The average molecular weight is 435 g/mol. The molecule has 0 aliphatic heterocycles. The van der Waals surface area contributed by atoms with Crippen LogP contribution in [-0.2, 0) is 20.8 Å². The van der Waals surface area contributed by atoms with E-state index in [-0.39, 0.29) is 24.3 Å². The Morgan fingerprint density at radius 1 is 1.16 bits per heavy atom. The van der Waals surface area contributed by atoms with Gasteiger partial charge < -0.3 is 9.47 Å². The number of non-ortho nitro benzene ring substituents is 1. The Hall–Kier alpha value is -2.64. The van der Waals surface area contributed by atoms with Gasteiger partial charge in [0.1, 0.15) is 17.7 Å². The summed E-state index contributed by atoms with van der Waals surface area (Å²) in [4.78, 5) is 38.1. The molecule has 1 saturated carbocycles. The van der Waals surface area contributed by atoms with Crippen LogP contribution in [0.3, 0.4) is 0 Å². The third-order valence-corrected chi connectivity index (χ3v) is 5.06. The largest absolute Gasteiger partial charge is 0.461 e. The number of hydrogen-bond acceptors (Lipinski definition) is 6. The number of hydrogen-bond donors (Lipinski definition) is 0. The van der Waals surface area contributed by atoms with E-state index in [2.05, 4.69) is 0 Å². The van der Waals surface area contributed by atoms with Crippen LogP contribution in [0.25, 0.3) is 0 Å².